The largest absolute Gasteiger partial charge is 0.236 e. The maximum absolute atomic E-state index is 12.8. The summed E-state index contributed by atoms with van der Waals surface area (Å²) in [6, 6.07) is 2.56. The minimum Gasteiger partial charge on any atom is -0.212 e. The number of halogens is 3. The Labute approximate surface area is 78.6 Å². The van der Waals surface area contributed by atoms with Gasteiger partial charge in [0.2, 0.25) is 9.05 Å². The van der Waals surface area contributed by atoms with E-state index in [1.165, 1.54) is 0 Å². The molecule has 13 heavy (non-hydrogen) atoms. The van der Waals surface area contributed by atoms with E-state index in [2.05, 4.69) is 0 Å². The molecule has 0 aromatic heterocycles. The lowest BCUT2D eigenvalue weighted by Crippen LogP contribution is -1.98. The van der Waals surface area contributed by atoms with Gasteiger partial charge >= 0.3 is 0 Å². The smallest absolute Gasteiger partial charge is 0.212 e. The Balaban J connectivity index is 3.08. The van der Waals surface area contributed by atoms with Crippen LogP contribution >= 0.6 is 10.7 Å². The summed E-state index contributed by atoms with van der Waals surface area (Å²) in [7, 11) is 1.02. The molecule has 0 spiro atoms. The molecule has 0 unspecified atom stereocenters. The van der Waals surface area contributed by atoms with Gasteiger partial charge < -0.3 is 0 Å². The minimum absolute atomic E-state index is 0.269. The normalized spacial score (nSPS) is 11.6. The molecule has 72 valence electrons. The van der Waals surface area contributed by atoms with Gasteiger partial charge in [-0.15, -0.1) is 0 Å². The molecule has 0 aliphatic carbocycles. The highest BCUT2D eigenvalue weighted by molar-refractivity contribution is 8.13. The fraction of sp³-hybridized carbons (Fsp3) is 0.143. The Morgan fingerprint density at radius 3 is 2.46 bits per heavy atom. The van der Waals surface area contributed by atoms with Crippen molar-refractivity contribution in [3.05, 3.63) is 35.4 Å². The summed E-state index contributed by atoms with van der Waals surface area (Å²) < 4.78 is 46.4. The van der Waals surface area contributed by atoms with Crippen LogP contribution in [-0.4, -0.2) is 8.42 Å². The summed E-state index contributed by atoms with van der Waals surface area (Å²) in [6.07, 6.45) is 0. The molecule has 0 aliphatic rings. The number of benzene rings is 1. The van der Waals surface area contributed by atoms with Crippen LogP contribution in [0.4, 0.5) is 8.78 Å². The number of hydrogen-bond donors (Lipinski definition) is 0. The van der Waals surface area contributed by atoms with Crippen LogP contribution in [0.3, 0.4) is 0 Å². The van der Waals surface area contributed by atoms with Crippen LogP contribution in [0.1, 0.15) is 5.56 Å². The predicted molar refractivity (Wildman–Crippen MR) is 44.8 cm³/mol. The molecule has 0 atom stereocenters. The molecule has 1 aromatic rings. The Bertz CT molecular complexity index is 417. The molecule has 0 radical (unpaired) electrons. The van der Waals surface area contributed by atoms with E-state index in [1.54, 1.807) is 0 Å². The zero-order valence-electron chi connectivity index (χ0n) is 6.30. The Morgan fingerprint density at radius 2 is 1.92 bits per heavy atom. The lowest BCUT2D eigenvalue weighted by Gasteiger charge is -1.99. The number of rotatable bonds is 2. The predicted octanol–water partition coefficient (Wildman–Crippen LogP) is 2.03. The van der Waals surface area contributed by atoms with Gasteiger partial charge in [-0.3, -0.25) is 0 Å². The minimum atomic E-state index is -3.85. The highest BCUT2D eigenvalue weighted by atomic mass is 35.7. The second-order valence-electron chi connectivity index (χ2n) is 2.42. The van der Waals surface area contributed by atoms with Crippen molar-refractivity contribution in [2.24, 2.45) is 0 Å². The van der Waals surface area contributed by atoms with E-state index in [4.69, 9.17) is 10.7 Å². The maximum atomic E-state index is 12.8. The average molecular weight is 227 g/mol. The molecular formula is C7H5ClF2O2S. The molecule has 6 heteroatoms. The zero-order valence-corrected chi connectivity index (χ0v) is 7.87. The lowest BCUT2D eigenvalue weighted by molar-refractivity contribution is 0.584. The van der Waals surface area contributed by atoms with Gasteiger partial charge in [0.15, 0.2) is 0 Å². The van der Waals surface area contributed by atoms with E-state index in [0.29, 0.717) is 0 Å². The van der Waals surface area contributed by atoms with Crippen LogP contribution in [0, 0.1) is 11.6 Å². The van der Waals surface area contributed by atoms with Crippen LogP contribution in [0.15, 0.2) is 18.2 Å². The van der Waals surface area contributed by atoms with Gasteiger partial charge in [0.1, 0.15) is 11.6 Å². The Morgan fingerprint density at radius 1 is 1.31 bits per heavy atom. The third kappa shape index (κ3) is 3.28. The molecule has 0 N–H and O–H groups in total. The van der Waals surface area contributed by atoms with Crippen molar-refractivity contribution in [3.8, 4) is 0 Å². The summed E-state index contributed by atoms with van der Waals surface area (Å²) in [4.78, 5) is 0. The van der Waals surface area contributed by atoms with Crippen molar-refractivity contribution in [1.82, 2.24) is 0 Å². The first-order valence-corrected chi connectivity index (χ1v) is 5.72. The van der Waals surface area contributed by atoms with Crippen LogP contribution in [0.2, 0.25) is 0 Å². The summed E-state index contributed by atoms with van der Waals surface area (Å²) >= 11 is 0. The van der Waals surface area contributed by atoms with E-state index < -0.39 is 26.4 Å². The van der Waals surface area contributed by atoms with Crippen molar-refractivity contribution < 1.29 is 17.2 Å². The van der Waals surface area contributed by atoms with Gasteiger partial charge in [-0.1, -0.05) is 0 Å². The van der Waals surface area contributed by atoms with Crippen molar-refractivity contribution in [3.63, 3.8) is 0 Å². The van der Waals surface area contributed by atoms with Gasteiger partial charge in [0.05, 0.1) is 5.75 Å². The molecule has 0 fully saturated rings. The topological polar surface area (TPSA) is 34.1 Å². The van der Waals surface area contributed by atoms with Crippen molar-refractivity contribution in [2.75, 3.05) is 0 Å². The summed E-state index contributed by atoms with van der Waals surface area (Å²) in [6.45, 7) is 0. The molecule has 1 rings (SSSR count). The second-order valence-corrected chi connectivity index (χ2v) is 5.20. The second kappa shape index (κ2) is 3.59. The quantitative estimate of drug-likeness (QED) is 0.724. The van der Waals surface area contributed by atoms with Crippen LogP contribution in [-0.2, 0) is 14.8 Å². The Hall–Kier alpha value is -0.680. The molecule has 2 nitrogen and oxygen atoms in total. The molecule has 0 aliphatic heterocycles. The third-order valence-electron chi connectivity index (χ3n) is 1.34. The van der Waals surface area contributed by atoms with Gasteiger partial charge in [-0.05, 0) is 18.2 Å². The Kier molecular flexibility index (Phi) is 2.87. The fourth-order valence-electron chi connectivity index (χ4n) is 0.840. The van der Waals surface area contributed by atoms with Gasteiger partial charge in [0, 0.05) is 16.2 Å². The van der Waals surface area contributed by atoms with E-state index in [1.807, 2.05) is 0 Å². The molecule has 0 saturated carbocycles. The average Bonchev–Trinajstić information content (AvgIpc) is 1.94. The highest BCUT2D eigenvalue weighted by Gasteiger charge is 2.11. The molecule has 0 bridgehead atoms. The van der Waals surface area contributed by atoms with E-state index in [0.717, 1.165) is 18.2 Å². The van der Waals surface area contributed by atoms with Crippen molar-refractivity contribution in [2.45, 2.75) is 5.75 Å². The summed E-state index contributed by atoms with van der Waals surface area (Å²) in [5, 5.41) is 0. The maximum Gasteiger partial charge on any atom is 0.236 e. The fourth-order valence-corrected chi connectivity index (χ4v) is 1.79. The van der Waals surface area contributed by atoms with E-state index in [-0.39, 0.29) is 5.56 Å². The van der Waals surface area contributed by atoms with Crippen LogP contribution in [0.25, 0.3) is 0 Å². The monoisotopic (exact) mass is 226 g/mol. The van der Waals surface area contributed by atoms with Gasteiger partial charge in [0.25, 0.3) is 0 Å². The molecule has 1 aromatic carbocycles. The number of hydrogen-bond acceptors (Lipinski definition) is 2. The first kappa shape index (κ1) is 10.4. The molecule has 0 heterocycles. The third-order valence-corrected chi connectivity index (χ3v) is 2.32. The molecular weight excluding hydrogens is 222 g/mol. The van der Waals surface area contributed by atoms with Gasteiger partial charge in [-0.2, -0.15) is 0 Å². The molecule has 0 saturated heterocycles. The van der Waals surface area contributed by atoms with Crippen LogP contribution < -0.4 is 0 Å². The first-order valence-electron chi connectivity index (χ1n) is 3.25. The van der Waals surface area contributed by atoms with E-state index in [9.17, 15) is 17.2 Å². The summed E-state index contributed by atoms with van der Waals surface area (Å²) in [5.74, 6) is -2.19. The van der Waals surface area contributed by atoms with Crippen molar-refractivity contribution >= 4 is 19.7 Å². The highest BCUT2D eigenvalue weighted by Crippen LogP contribution is 2.14. The molecule has 0 amide bonds. The van der Waals surface area contributed by atoms with Crippen LogP contribution in [0.5, 0.6) is 0 Å². The standard InChI is InChI=1S/C7H5ClF2O2S/c8-13(11,12)4-5-3-6(9)1-2-7(5)10/h1-3H,4H2. The zero-order chi connectivity index (χ0) is 10.1. The first-order chi connectivity index (χ1) is 5.88. The summed E-state index contributed by atoms with van der Waals surface area (Å²) in [5.41, 5.74) is -0.269. The SMILES string of the molecule is O=S(=O)(Cl)Cc1cc(F)ccc1F. The van der Waals surface area contributed by atoms with E-state index >= 15 is 0 Å². The van der Waals surface area contributed by atoms with Crippen molar-refractivity contribution in [1.29, 1.82) is 0 Å². The van der Waals surface area contributed by atoms with Gasteiger partial charge in [-0.25, -0.2) is 17.2 Å². The lowest BCUT2D eigenvalue weighted by atomic mass is 10.2.